The molecule has 2 aromatic carbocycles. The zero-order chi connectivity index (χ0) is 25.8. The summed E-state index contributed by atoms with van der Waals surface area (Å²) in [5, 5.41) is 14.8. The van der Waals surface area contributed by atoms with Gasteiger partial charge in [-0.3, -0.25) is 9.48 Å². The Hall–Kier alpha value is -2.71. The van der Waals surface area contributed by atoms with Gasteiger partial charge in [-0.1, -0.05) is 54.1 Å². The second-order valence-electron chi connectivity index (χ2n) is 8.95. The molecule has 0 saturated heterocycles. The standard InChI is InChI=1S/C28H35ClN2O5/c1-21(2)31-26(13-14-30-31)25(17-22-9-11-24(29)12-10-22)27(18-28(32)33)36-16-6-15-34-20-35-19-23-7-4-3-5-8-23/h3-5,7-14,21,25,27H,6,15-20H2,1-2H3,(H,32,33). The monoisotopic (exact) mass is 514 g/mol. The lowest BCUT2D eigenvalue weighted by atomic mass is 9.88. The number of ether oxygens (including phenoxy) is 3. The van der Waals surface area contributed by atoms with Crippen molar-refractivity contribution in [3.8, 4) is 0 Å². The number of carbonyl (C=O) groups is 1. The van der Waals surface area contributed by atoms with Crippen molar-refractivity contribution in [1.82, 2.24) is 9.78 Å². The van der Waals surface area contributed by atoms with E-state index >= 15 is 0 Å². The third kappa shape index (κ3) is 9.06. The van der Waals surface area contributed by atoms with Crippen molar-refractivity contribution in [3.63, 3.8) is 0 Å². The number of benzene rings is 2. The molecule has 0 bridgehead atoms. The maximum absolute atomic E-state index is 11.8. The van der Waals surface area contributed by atoms with Crippen LogP contribution in [0.2, 0.25) is 5.02 Å². The number of aliphatic carboxylic acids is 1. The molecule has 0 saturated carbocycles. The number of nitrogens with zero attached hydrogens (tertiary/aromatic N) is 2. The van der Waals surface area contributed by atoms with Crippen molar-refractivity contribution >= 4 is 17.6 Å². The Kier molecular flexibility index (Phi) is 11.4. The van der Waals surface area contributed by atoms with Gasteiger partial charge in [0.2, 0.25) is 0 Å². The van der Waals surface area contributed by atoms with Gasteiger partial charge >= 0.3 is 5.97 Å². The van der Waals surface area contributed by atoms with E-state index in [1.807, 2.05) is 65.3 Å². The van der Waals surface area contributed by atoms with Gasteiger partial charge in [-0.25, -0.2) is 0 Å². The lowest BCUT2D eigenvalue weighted by Crippen LogP contribution is -2.30. The molecule has 0 spiro atoms. The Morgan fingerprint density at radius 3 is 2.44 bits per heavy atom. The molecule has 36 heavy (non-hydrogen) atoms. The second kappa shape index (κ2) is 14.8. The maximum Gasteiger partial charge on any atom is 0.306 e. The topological polar surface area (TPSA) is 82.8 Å². The van der Waals surface area contributed by atoms with Crippen molar-refractivity contribution in [2.75, 3.05) is 20.0 Å². The molecule has 3 aromatic rings. The van der Waals surface area contributed by atoms with Gasteiger partial charge in [0.25, 0.3) is 0 Å². The smallest absolute Gasteiger partial charge is 0.306 e. The van der Waals surface area contributed by atoms with Gasteiger partial charge in [-0.05, 0) is 56.0 Å². The van der Waals surface area contributed by atoms with Gasteiger partial charge in [-0.15, -0.1) is 0 Å². The summed E-state index contributed by atoms with van der Waals surface area (Å²) in [5.41, 5.74) is 3.10. The van der Waals surface area contributed by atoms with E-state index in [0.29, 0.717) is 37.7 Å². The Morgan fingerprint density at radius 2 is 1.75 bits per heavy atom. The average molecular weight is 515 g/mol. The van der Waals surface area contributed by atoms with Gasteiger partial charge in [0.15, 0.2) is 0 Å². The number of carboxylic acid groups (broad SMARTS) is 1. The van der Waals surface area contributed by atoms with Crippen molar-refractivity contribution in [3.05, 3.63) is 88.7 Å². The Labute approximate surface area is 217 Å². The first-order chi connectivity index (χ1) is 17.4. The molecule has 1 heterocycles. The molecule has 2 atom stereocenters. The van der Waals surface area contributed by atoms with Gasteiger partial charge in [-0.2, -0.15) is 5.10 Å². The number of halogens is 1. The highest BCUT2D eigenvalue weighted by Gasteiger charge is 2.30. The summed E-state index contributed by atoms with van der Waals surface area (Å²) in [6.45, 7) is 5.64. The first-order valence-electron chi connectivity index (χ1n) is 12.2. The zero-order valence-corrected chi connectivity index (χ0v) is 21.6. The van der Waals surface area contributed by atoms with E-state index in [0.717, 1.165) is 16.8 Å². The SMILES string of the molecule is CC(C)n1nccc1C(Cc1ccc(Cl)cc1)C(CC(=O)O)OCCCOCOCc1ccccc1. The van der Waals surface area contributed by atoms with Crippen LogP contribution in [0.1, 0.15) is 55.5 Å². The van der Waals surface area contributed by atoms with Crippen molar-refractivity contribution in [2.45, 2.75) is 57.8 Å². The number of aromatic nitrogens is 2. The summed E-state index contributed by atoms with van der Waals surface area (Å²) >= 11 is 6.07. The Bertz CT molecular complexity index is 1040. The summed E-state index contributed by atoms with van der Waals surface area (Å²) in [7, 11) is 0. The first kappa shape index (κ1) is 27.9. The van der Waals surface area contributed by atoms with E-state index in [2.05, 4.69) is 18.9 Å². The fourth-order valence-electron chi connectivity index (χ4n) is 4.09. The molecule has 1 N–H and O–H groups in total. The van der Waals surface area contributed by atoms with Gasteiger partial charge in [0.05, 0.1) is 25.7 Å². The van der Waals surface area contributed by atoms with E-state index in [9.17, 15) is 9.90 Å². The molecule has 8 heteroatoms. The molecule has 0 aliphatic carbocycles. The minimum absolute atomic E-state index is 0.109. The molecular formula is C28H35ClN2O5. The Balaban J connectivity index is 1.58. The van der Waals surface area contributed by atoms with Gasteiger partial charge in [0, 0.05) is 35.5 Å². The summed E-state index contributed by atoms with van der Waals surface area (Å²) < 4.78 is 19.2. The van der Waals surface area contributed by atoms with Crippen LogP contribution >= 0.6 is 11.6 Å². The quantitative estimate of drug-likeness (QED) is 0.190. The summed E-state index contributed by atoms with van der Waals surface area (Å²) in [4.78, 5) is 11.8. The van der Waals surface area contributed by atoms with Crippen molar-refractivity contribution < 1.29 is 24.1 Å². The van der Waals surface area contributed by atoms with E-state index < -0.39 is 12.1 Å². The minimum Gasteiger partial charge on any atom is -0.481 e. The number of rotatable bonds is 16. The molecule has 0 aliphatic heterocycles. The highest BCUT2D eigenvalue weighted by molar-refractivity contribution is 6.30. The van der Waals surface area contributed by atoms with Crippen LogP contribution in [0.3, 0.4) is 0 Å². The van der Waals surface area contributed by atoms with Crippen LogP contribution in [0.15, 0.2) is 66.9 Å². The Morgan fingerprint density at radius 1 is 1.00 bits per heavy atom. The van der Waals surface area contributed by atoms with Crippen LogP contribution in [0, 0.1) is 0 Å². The summed E-state index contributed by atoms with van der Waals surface area (Å²) in [6, 6.07) is 19.6. The molecule has 0 amide bonds. The van der Waals surface area contributed by atoms with Crippen LogP contribution < -0.4 is 0 Å². The van der Waals surface area contributed by atoms with E-state index in [1.165, 1.54) is 0 Å². The third-order valence-electron chi connectivity index (χ3n) is 5.81. The molecule has 0 aliphatic rings. The lowest BCUT2D eigenvalue weighted by Gasteiger charge is -2.28. The predicted molar refractivity (Wildman–Crippen MR) is 139 cm³/mol. The summed E-state index contributed by atoms with van der Waals surface area (Å²) in [5.74, 6) is -1.09. The summed E-state index contributed by atoms with van der Waals surface area (Å²) in [6.07, 6.45) is 2.36. The van der Waals surface area contributed by atoms with E-state index in [-0.39, 0.29) is 25.2 Å². The first-order valence-corrected chi connectivity index (χ1v) is 12.6. The second-order valence-corrected chi connectivity index (χ2v) is 9.39. The van der Waals surface area contributed by atoms with Crippen molar-refractivity contribution in [1.29, 1.82) is 0 Å². The highest BCUT2D eigenvalue weighted by atomic mass is 35.5. The van der Waals surface area contributed by atoms with Gasteiger partial charge in [0.1, 0.15) is 6.79 Å². The van der Waals surface area contributed by atoms with Crippen LogP contribution in [0.5, 0.6) is 0 Å². The van der Waals surface area contributed by atoms with Crippen LogP contribution in [-0.2, 0) is 32.0 Å². The van der Waals surface area contributed by atoms with Gasteiger partial charge < -0.3 is 19.3 Å². The van der Waals surface area contributed by atoms with E-state index in [4.69, 9.17) is 25.8 Å². The van der Waals surface area contributed by atoms with Crippen LogP contribution in [-0.4, -0.2) is 47.0 Å². The fraction of sp³-hybridized carbons (Fsp3) is 0.429. The third-order valence-corrected chi connectivity index (χ3v) is 6.06. The van der Waals surface area contributed by atoms with Crippen molar-refractivity contribution in [2.24, 2.45) is 0 Å². The van der Waals surface area contributed by atoms with E-state index in [1.54, 1.807) is 6.20 Å². The predicted octanol–water partition coefficient (Wildman–Crippen LogP) is 5.88. The normalized spacial score (nSPS) is 13.1. The molecular weight excluding hydrogens is 480 g/mol. The molecule has 0 radical (unpaired) electrons. The van der Waals surface area contributed by atoms with Crippen LogP contribution in [0.25, 0.3) is 0 Å². The molecule has 2 unspecified atom stereocenters. The lowest BCUT2D eigenvalue weighted by molar-refractivity contribution is -0.141. The minimum atomic E-state index is -0.901. The molecule has 7 nitrogen and oxygen atoms in total. The van der Waals surface area contributed by atoms with Crippen LogP contribution in [0.4, 0.5) is 0 Å². The highest BCUT2D eigenvalue weighted by Crippen LogP contribution is 2.30. The molecule has 0 fully saturated rings. The zero-order valence-electron chi connectivity index (χ0n) is 20.9. The molecule has 1 aromatic heterocycles. The maximum atomic E-state index is 11.8. The molecule has 3 rings (SSSR count). The fourth-order valence-corrected chi connectivity index (χ4v) is 4.21. The number of carboxylic acids is 1. The average Bonchev–Trinajstić information content (AvgIpc) is 3.35. The largest absolute Gasteiger partial charge is 0.481 e. The number of hydrogen-bond acceptors (Lipinski definition) is 5. The molecule has 194 valence electrons. The number of hydrogen-bond donors (Lipinski definition) is 1.